The molecule has 2 rings (SSSR count). The van der Waals surface area contributed by atoms with E-state index in [9.17, 15) is 24.6 Å². The molecule has 1 aliphatic heterocycles. The molecule has 1 heterocycles. The van der Waals surface area contributed by atoms with Crippen LogP contribution < -0.4 is 5.32 Å². The van der Waals surface area contributed by atoms with Crippen LogP contribution in [-0.4, -0.2) is 125 Å². The molecule has 1 saturated heterocycles. The second-order valence-corrected chi connectivity index (χ2v) is 10.5. The highest BCUT2D eigenvalue weighted by atomic mass is 32.1. The summed E-state index contributed by atoms with van der Waals surface area (Å²) in [5.74, 6) is -1.88. The number of carbonyl (C=O) groups excluding carboxylic acids is 1. The smallest absolute Gasteiger partial charge is 0.317 e. The summed E-state index contributed by atoms with van der Waals surface area (Å²) >= 11 is 5.50. The Kier molecular flexibility index (Phi) is 14.3. The average Bonchev–Trinajstić information content (AvgIpc) is 2.92. The number of aliphatic carboxylic acids is 2. The molecule has 1 fully saturated rings. The van der Waals surface area contributed by atoms with Gasteiger partial charge in [0.1, 0.15) is 6.73 Å². The van der Waals surface area contributed by atoms with Crippen molar-refractivity contribution in [3.05, 3.63) is 35.4 Å². The van der Waals surface area contributed by atoms with Crippen LogP contribution in [0, 0.1) is 0 Å². The molecule has 0 radical (unpaired) electrons. The number of nitrogens with zero attached hydrogens (tertiary/aromatic N) is 4. The topological polar surface area (TPSA) is 126 Å². The fraction of sp³-hybridized carbons (Fsp3) is 0.654. The molecule has 0 saturated carbocycles. The highest BCUT2D eigenvalue weighted by molar-refractivity contribution is 7.44. The molecule has 1 atom stereocenters. The molecule has 0 aliphatic carbocycles. The van der Waals surface area contributed by atoms with E-state index in [1.54, 1.807) is 4.90 Å². The van der Waals surface area contributed by atoms with Gasteiger partial charge >= 0.3 is 11.9 Å². The third-order valence-electron chi connectivity index (χ3n) is 6.43. The van der Waals surface area contributed by atoms with E-state index in [-0.39, 0.29) is 25.9 Å². The van der Waals surface area contributed by atoms with Crippen LogP contribution in [0.5, 0.6) is 0 Å². The maximum Gasteiger partial charge on any atom is 0.317 e. The molecule has 1 aromatic carbocycles. The predicted octanol–water partition coefficient (Wildman–Crippen LogP) is 0.448. The van der Waals surface area contributed by atoms with Crippen molar-refractivity contribution < 1.29 is 33.3 Å². The predicted molar refractivity (Wildman–Crippen MR) is 145 cm³/mol. The van der Waals surface area contributed by atoms with E-state index in [0.717, 1.165) is 30.6 Å². The number of hydrogen-bond acceptors (Lipinski definition) is 9. The molecule has 212 valence electrons. The van der Waals surface area contributed by atoms with Gasteiger partial charge in [0.05, 0.1) is 13.1 Å². The minimum absolute atomic E-state index is 0.0577. The van der Waals surface area contributed by atoms with Crippen molar-refractivity contribution in [2.24, 2.45) is 0 Å². The van der Waals surface area contributed by atoms with Crippen molar-refractivity contribution in [1.82, 2.24) is 20.0 Å². The van der Waals surface area contributed by atoms with E-state index in [2.05, 4.69) is 31.3 Å². The maximum absolute atomic E-state index is 11.7. The molecule has 1 aromatic rings. The Hall–Kier alpha value is -2.51. The molecule has 3 N–H and O–H groups in total. The summed E-state index contributed by atoms with van der Waals surface area (Å²) < 4.78 is 6.88. The Bertz CT molecular complexity index is 901. The van der Waals surface area contributed by atoms with Crippen molar-refractivity contribution in [3.8, 4) is 0 Å². The molecule has 0 spiro atoms. The van der Waals surface area contributed by atoms with Gasteiger partial charge in [-0.05, 0) is 12.0 Å². The second kappa shape index (κ2) is 17.2. The largest absolute Gasteiger partial charge is 0.480 e. The minimum atomic E-state index is -0.945. The molecule has 1 unspecified atom stereocenters. The van der Waals surface area contributed by atoms with Gasteiger partial charge in [-0.25, -0.2) is 0 Å². The quantitative estimate of drug-likeness (QED) is 0.150. The van der Waals surface area contributed by atoms with Crippen LogP contribution >= 0.6 is 0 Å². The third kappa shape index (κ3) is 12.8. The summed E-state index contributed by atoms with van der Waals surface area (Å²) in [5.41, 5.74) is 2.17. The van der Waals surface area contributed by atoms with Crippen LogP contribution in [0.1, 0.15) is 31.4 Å². The zero-order valence-corrected chi connectivity index (χ0v) is 23.3. The Morgan fingerprint density at radius 1 is 1.08 bits per heavy atom. The summed E-state index contributed by atoms with van der Waals surface area (Å²) in [7, 11) is 0. The molecule has 11 nitrogen and oxygen atoms in total. The zero-order chi connectivity index (χ0) is 27.9. The first-order valence-corrected chi connectivity index (χ1v) is 13.4. The molecule has 0 bridgehead atoms. The lowest BCUT2D eigenvalue weighted by molar-refractivity contribution is -0.515. The summed E-state index contributed by atoms with van der Waals surface area (Å²) in [6.07, 6.45) is 1.58. The van der Waals surface area contributed by atoms with Crippen molar-refractivity contribution in [2.45, 2.75) is 45.3 Å². The standard InChI is InChI=1S/C26H41N5O6S/c1-21(2)27-8-3-9-31(38)15-23-6-4-22(5-7-23)14-24-16-29(19-37-20-32)11-10-28(17-25(33)34)12-13-30(24)18-26(35)36/h4-7,20-21,24,27H,3,8-19H2,1-2H3,(H-,33,34,35,36)/p+1. The van der Waals surface area contributed by atoms with E-state index < -0.39 is 11.9 Å². The summed E-state index contributed by atoms with van der Waals surface area (Å²) in [5, 5.41) is 22.2. The fourth-order valence-corrected chi connectivity index (χ4v) is 4.79. The normalized spacial score (nSPS) is 17.9. The van der Waals surface area contributed by atoms with Gasteiger partial charge < -0.3 is 20.3 Å². The Morgan fingerprint density at radius 2 is 1.71 bits per heavy atom. The number of nitrogens with one attached hydrogen (secondary N) is 1. The van der Waals surface area contributed by atoms with Crippen LogP contribution in [0.15, 0.2) is 24.3 Å². The van der Waals surface area contributed by atoms with Crippen LogP contribution in [0.4, 0.5) is 0 Å². The average molecular weight is 553 g/mol. The number of rotatable bonds is 16. The third-order valence-corrected chi connectivity index (χ3v) is 6.75. The fourth-order valence-electron chi connectivity index (χ4n) is 4.51. The van der Waals surface area contributed by atoms with Gasteiger partial charge in [-0.2, -0.15) is 3.95 Å². The molecule has 38 heavy (non-hydrogen) atoms. The van der Waals surface area contributed by atoms with Gasteiger partial charge in [-0.15, -0.1) is 0 Å². The minimum Gasteiger partial charge on any atom is -0.480 e. The molecule has 12 heteroatoms. The van der Waals surface area contributed by atoms with Crippen molar-refractivity contribution in [3.63, 3.8) is 0 Å². The van der Waals surface area contributed by atoms with E-state index >= 15 is 0 Å². The molecule has 1 aliphatic rings. The Morgan fingerprint density at radius 3 is 2.34 bits per heavy atom. The lowest BCUT2D eigenvalue weighted by Crippen LogP contribution is -2.48. The monoisotopic (exact) mass is 552 g/mol. The van der Waals surface area contributed by atoms with Crippen LogP contribution in [-0.2, 0) is 44.5 Å². The molecular formula is C26H42N5O6S+. The van der Waals surface area contributed by atoms with E-state index in [1.165, 1.54) is 0 Å². The first-order valence-electron chi connectivity index (χ1n) is 13.1. The number of carboxylic acids is 2. The van der Waals surface area contributed by atoms with Crippen LogP contribution in [0.25, 0.3) is 0 Å². The molecule has 0 amide bonds. The first kappa shape index (κ1) is 31.7. The second-order valence-electron chi connectivity index (χ2n) is 10.0. The Balaban J connectivity index is 2.09. The lowest BCUT2D eigenvalue weighted by atomic mass is 10.0. The van der Waals surface area contributed by atoms with E-state index in [0.29, 0.717) is 58.2 Å². The highest BCUT2D eigenvalue weighted by Gasteiger charge is 2.27. The highest BCUT2D eigenvalue weighted by Crippen LogP contribution is 2.15. The molecular weight excluding hydrogens is 510 g/mol. The first-order chi connectivity index (χ1) is 18.2. The summed E-state index contributed by atoms with van der Waals surface area (Å²) in [6, 6.07) is 8.50. The van der Waals surface area contributed by atoms with Crippen molar-refractivity contribution in [1.29, 1.82) is 0 Å². The van der Waals surface area contributed by atoms with Gasteiger partial charge in [0.2, 0.25) is 0 Å². The number of carboxylic acid groups (broad SMARTS) is 2. The van der Waals surface area contributed by atoms with Crippen LogP contribution in [0.3, 0.4) is 0 Å². The lowest BCUT2D eigenvalue weighted by Gasteiger charge is -2.33. The maximum atomic E-state index is 11.7. The van der Waals surface area contributed by atoms with E-state index in [1.807, 2.05) is 25.9 Å². The number of benzene rings is 1. The number of hydrogen-bond donors (Lipinski definition) is 3. The Labute approximate surface area is 230 Å². The summed E-state index contributed by atoms with van der Waals surface area (Å²) in [6.45, 7) is 9.11. The van der Waals surface area contributed by atoms with Gasteiger partial charge in [0.25, 0.3) is 18.9 Å². The van der Waals surface area contributed by atoms with Crippen molar-refractivity contribution >= 4 is 30.8 Å². The number of carbonyl (C=O) groups is 3. The van der Waals surface area contributed by atoms with Gasteiger partial charge in [-0.1, -0.05) is 38.1 Å². The SMILES string of the molecule is CC(C)NCCC[N+](=S)Cc1ccc(CC2CN(COC=O)CCN(CC(=O)O)CCN2CC(=O)O)cc1. The van der Waals surface area contributed by atoms with Gasteiger partial charge in [-0.3, -0.25) is 29.1 Å². The van der Waals surface area contributed by atoms with E-state index in [4.69, 9.17) is 17.2 Å². The van der Waals surface area contributed by atoms with Gasteiger partial charge in [0, 0.05) is 63.3 Å². The van der Waals surface area contributed by atoms with Gasteiger partial charge in [0.15, 0.2) is 13.1 Å². The van der Waals surface area contributed by atoms with Crippen LogP contribution in [0.2, 0.25) is 0 Å². The van der Waals surface area contributed by atoms with Crippen molar-refractivity contribution in [2.75, 3.05) is 65.6 Å². The number of ether oxygens (including phenoxy) is 1. The zero-order valence-electron chi connectivity index (χ0n) is 22.5. The molecule has 0 aromatic heterocycles. The summed E-state index contributed by atoms with van der Waals surface area (Å²) in [4.78, 5) is 39.4.